The lowest BCUT2D eigenvalue weighted by molar-refractivity contribution is -0.115. The summed E-state index contributed by atoms with van der Waals surface area (Å²) < 4.78 is 13.9. The number of halogens is 1. The Morgan fingerprint density at radius 1 is 0.944 bits per heavy atom. The van der Waals surface area contributed by atoms with E-state index in [2.05, 4.69) is 25.5 Å². The standard InChI is InChI=1S/C27H20FN7O/c1-2-23(36)30-18-12-16(13-29-14-18)20-9-10-22-25(31-20)26(35-34-22)27-32-21-8-4-7-19(24(21)33-27)15-5-3-6-17(28)11-15/h3-14H,2H2,1H3,(H,30,36)(H,32,33)(H,34,35). The number of anilines is 1. The van der Waals surface area contributed by atoms with Crippen LogP contribution in [-0.2, 0) is 4.79 Å². The summed E-state index contributed by atoms with van der Waals surface area (Å²) in [6.07, 6.45) is 3.68. The molecule has 1 amide bonds. The van der Waals surface area contributed by atoms with Crippen molar-refractivity contribution in [3.05, 3.63) is 78.9 Å². The third-order valence-corrected chi connectivity index (χ3v) is 5.92. The van der Waals surface area contributed by atoms with Gasteiger partial charge in [-0.15, -0.1) is 0 Å². The number of imidazole rings is 1. The summed E-state index contributed by atoms with van der Waals surface area (Å²) in [6, 6.07) is 17.8. The van der Waals surface area contributed by atoms with Crippen molar-refractivity contribution in [2.45, 2.75) is 13.3 Å². The van der Waals surface area contributed by atoms with E-state index in [-0.39, 0.29) is 11.7 Å². The van der Waals surface area contributed by atoms with Crippen molar-refractivity contribution in [3.63, 3.8) is 0 Å². The molecule has 0 radical (unpaired) electrons. The number of H-pyrrole nitrogens is 2. The zero-order valence-corrected chi connectivity index (χ0v) is 19.2. The quantitative estimate of drug-likeness (QED) is 0.294. The van der Waals surface area contributed by atoms with Crippen molar-refractivity contribution in [1.29, 1.82) is 0 Å². The molecule has 0 saturated carbocycles. The predicted molar refractivity (Wildman–Crippen MR) is 137 cm³/mol. The molecule has 3 N–H and O–H groups in total. The normalized spacial score (nSPS) is 11.3. The first-order valence-corrected chi connectivity index (χ1v) is 11.4. The van der Waals surface area contributed by atoms with Gasteiger partial charge in [0.25, 0.3) is 0 Å². The molecule has 0 fully saturated rings. The van der Waals surface area contributed by atoms with Crippen LogP contribution in [0.4, 0.5) is 10.1 Å². The number of nitrogens with zero attached hydrogens (tertiary/aromatic N) is 4. The first-order chi connectivity index (χ1) is 17.6. The van der Waals surface area contributed by atoms with Crippen LogP contribution in [0.5, 0.6) is 0 Å². The first kappa shape index (κ1) is 21.6. The number of rotatable bonds is 5. The van der Waals surface area contributed by atoms with E-state index in [9.17, 15) is 9.18 Å². The van der Waals surface area contributed by atoms with Gasteiger partial charge in [0.15, 0.2) is 11.5 Å². The Kier molecular flexibility index (Phi) is 5.22. The number of carbonyl (C=O) groups is 1. The van der Waals surface area contributed by atoms with Crippen molar-refractivity contribution in [2.24, 2.45) is 0 Å². The highest BCUT2D eigenvalue weighted by atomic mass is 19.1. The largest absolute Gasteiger partial charge is 0.336 e. The monoisotopic (exact) mass is 477 g/mol. The van der Waals surface area contributed by atoms with Crippen LogP contribution in [0.1, 0.15) is 13.3 Å². The zero-order valence-electron chi connectivity index (χ0n) is 19.2. The Hall–Kier alpha value is -4.92. The van der Waals surface area contributed by atoms with Gasteiger partial charge in [-0.2, -0.15) is 5.10 Å². The molecule has 8 nitrogen and oxygen atoms in total. The Balaban J connectivity index is 1.43. The summed E-state index contributed by atoms with van der Waals surface area (Å²) in [5.74, 6) is 0.159. The SMILES string of the molecule is CCC(=O)Nc1cncc(-c2ccc3[nH]nc(-c4nc5c(-c6cccc(F)c6)cccc5[nH]4)c3n2)c1. The van der Waals surface area contributed by atoms with E-state index < -0.39 is 0 Å². The average molecular weight is 478 g/mol. The number of hydrogen-bond donors (Lipinski definition) is 3. The molecular formula is C27H20FN7O. The first-order valence-electron chi connectivity index (χ1n) is 11.4. The maximum absolute atomic E-state index is 13.9. The van der Waals surface area contributed by atoms with Crippen LogP contribution >= 0.6 is 0 Å². The second kappa shape index (κ2) is 8.70. The zero-order chi connectivity index (χ0) is 24.6. The molecule has 0 spiro atoms. The summed E-state index contributed by atoms with van der Waals surface area (Å²) in [4.78, 5) is 29.0. The van der Waals surface area contributed by atoms with Gasteiger partial charge < -0.3 is 10.3 Å². The number of nitrogens with one attached hydrogen (secondary N) is 3. The third-order valence-electron chi connectivity index (χ3n) is 5.92. The van der Waals surface area contributed by atoms with Crippen molar-refractivity contribution < 1.29 is 9.18 Å². The second-order valence-electron chi connectivity index (χ2n) is 8.33. The second-order valence-corrected chi connectivity index (χ2v) is 8.33. The molecule has 4 heterocycles. The molecule has 9 heteroatoms. The predicted octanol–water partition coefficient (Wildman–Crippen LogP) is 5.72. The third kappa shape index (κ3) is 3.86. The van der Waals surface area contributed by atoms with Crippen LogP contribution in [-0.4, -0.2) is 36.0 Å². The molecule has 0 saturated heterocycles. The minimum absolute atomic E-state index is 0.0861. The number of hydrogen-bond acceptors (Lipinski definition) is 5. The number of carbonyl (C=O) groups excluding carboxylic acids is 1. The van der Waals surface area contributed by atoms with Gasteiger partial charge in [0.05, 0.1) is 34.1 Å². The summed E-state index contributed by atoms with van der Waals surface area (Å²) in [7, 11) is 0. The maximum Gasteiger partial charge on any atom is 0.224 e. The number of pyridine rings is 2. The summed E-state index contributed by atoms with van der Waals surface area (Å²) in [5, 5.41) is 10.3. The minimum Gasteiger partial charge on any atom is -0.336 e. The molecule has 0 aliphatic carbocycles. The lowest BCUT2D eigenvalue weighted by atomic mass is 10.0. The molecule has 4 aromatic heterocycles. The Morgan fingerprint density at radius 2 is 1.83 bits per heavy atom. The number of aromatic amines is 2. The van der Waals surface area contributed by atoms with E-state index in [0.29, 0.717) is 40.4 Å². The van der Waals surface area contributed by atoms with Crippen LogP contribution in [0, 0.1) is 5.82 Å². The Labute approximate surface area is 204 Å². The smallest absolute Gasteiger partial charge is 0.224 e. The number of amides is 1. The summed E-state index contributed by atoms with van der Waals surface area (Å²) in [5.41, 5.74) is 7.10. The fourth-order valence-corrected chi connectivity index (χ4v) is 4.16. The molecular weight excluding hydrogens is 457 g/mol. The van der Waals surface area contributed by atoms with Crippen molar-refractivity contribution in [2.75, 3.05) is 5.32 Å². The van der Waals surface area contributed by atoms with Crippen LogP contribution < -0.4 is 5.32 Å². The summed E-state index contributed by atoms with van der Waals surface area (Å²) >= 11 is 0. The van der Waals surface area contributed by atoms with Gasteiger partial charge in [-0.05, 0) is 42.0 Å². The van der Waals surface area contributed by atoms with Crippen LogP contribution in [0.2, 0.25) is 0 Å². The molecule has 2 aromatic carbocycles. The number of benzene rings is 2. The Bertz CT molecular complexity index is 1750. The fraction of sp³-hybridized carbons (Fsp3) is 0.0741. The van der Waals surface area contributed by atoms with Gasteiger partial charge in [0, 0.05) is 23.7 Å². The highest BCUT2D eigenvalue weighted by molar-refractivity contribution is 5.96. The van der Waals surface area contributed by atoms with Gasteiger partial charge in [0.2, 0.25) is 5.91 Å². The number of aromatic nitrogens is 6. The van der Waals surface area contributed by atoms with Crippen LogP contribution in [0.3, 0.4) is 0 Å². The topological polar surface area (TPSA) is 112 Å². The lowest BCUT2D eigenvalue weighted by Gasteiger charge is -2.06. The molecule has 0 atom stereocenters. The average Bonchev–Trinajstić information content (AvgIpc) is 3.52. The van der Waals surface area contributed by atoms with E-state index in [1.54, 1.807) is 25.4 Å². The van der Waals surface area contributed by atoms with E-state index in [1.807, 2.05) is 42.5 Å². The van der Waals surface area contributed by atoms with E-state index in [1.165, 1.54) is 12.1 Å². The molecule has 0 aliphatic heterocycles. The molecule has 176 valence electrons. The van der Waals surface area contributed by atoms with Crippen molar-refractivity contribution >= 4 is 33.7 Å². The lowest BCUT2D eigenvalue weighted by Crippen LogP contribution is -2.09. The Morgan fingerprint density at radius 3 is 2.69 bits per heavy atom. The van der Waals surface area contributed by atoms with E-state index >= 15 is 0 Å². The van der Waals surface area contributed by atoms with E-state index in [4.69, 9.17) is 9.97 Å². The number of para-hydroxylation sites is 1. The fourth-order valence-electron chi connectivity index (χ4n) is 4.16. The van der Waals surface area contributed by atoms with Gasteiger partial charge in [0.1, 0.15) is 11.3 Å². The molecule has 0 aliphatic rings. The molecule has 36 heavy (non-hydrogen) atoms. The van der Waals surface area contributed by atoms with Gasteiger partial charge in [-0.25, -0.2) is 14.4 Å². The number of fused-ring (bicyclic) bond motifs is 2. The molecule has 6 rings (SSSR count). The minimum atomic E-state index is -0.303. The van der Waals surface area contributed by atoms with Crippen molar-refractivity contribution in [3.8, 4) is 33.9 Å². The van der Waals surface area contributed by atoms with Crippen LogP contribution in [0.25, 0.3) is 56.0 Å². The molecule has 6 aromatic rings. The molecule has 0 unspecified atom stereocenters. The van der Waals surface area contributed by atoms with Crippen LogP contribution in [0.15, 0.2) is 73.1 Å². The molecule has 0 bridgehead atoms. The highest BCUT2D eigenvalue weighted by Gasteiger charge is 2.17. The highest BCUT2D eigenvalue weighted by Crippen LogP contribution is 2.32. The summed E-state index contributed by atoms with van der Waals surface area (Å²) in [6.45, 7) is 1.79. The van der Waals surface area contributed by atoms with Gasteiger partial charge >= 0.3 is 0 Å². The van der Waals surface area contributed by atoms with Gasteiger partial charge in [-0.1, -0.05) is 31.2 Å². The van der Waals surface area contributed by atoms with E-state index in [0.717, 1.165) is 27.7 Å². The maximum atomic E-state index is 13.9. The van der Waals surface area contributed by atoms with Crippen molar-refractivity contribution in [1.82, 2.24) is 30.1 Å². The van der Waals surface area contributed by atoms with Gasteiger partial charge in [-0.3, -0.25) is 14.9 Å².